The second kappa shape index (κ2) is 6.19. The summed E-state index contributed by atoms with van der Waals surface area (Å²) in [6.07, 6.45) is 3.56. The van der Waals surface area contributed by atoms with Crippen LogP contribution in [0.2, 0.25) is 0 Å². The molecular weight excluding hydrogens is 280 g/mol. The van der Waals surface area contributed by atoms with E-state index in [2.05, 4.69) is 19.8 Å². The number of aryl methyl sites for hydroxylation is 1. The lowest BCUT2D eigenvalue weighted by molar-refractivity contribution is 0.134. The van der Waals surface area contributed by atoms with E-state index in [1.807, 2.05) is 13.8 Å². The number of hydrogen-bond acceptors (Lipinski definition) is 6. The number of hydrogen-bond donors (Lipinski definition) is 1. The number of rotatable bonds is 5. The molecule has 114 valence electrons. The van der Waals surface area contributed by atoms with Crippen LogP contribution in [0.5, 0.6) is 0 Å². The molecule has 0 aromatic carbocycles. The highest BCUT2D eigenvalue weighted by Gasteiger charge is 2.27. The van der Waals surface area contributed by atoms with E-state index in [-0.39, 0.29) is 12.1 Å². The van der Waals surface area contributed by atoms with Crippen molar-refractivity contribution in [2.75, 3.05) is 19.3 Å². The molecule has 1 aliphatic rings. The smallest absolute Gasteiger partial charge is 0.243 e. The molecule has 0 saturated carbocycles. The fourth-order valence-corrected chi connectivity index (χ4v) is 3.29. The van der Waals surface area contributed by atoms with Crippen molar-refractivity contribution in [1.82, 2.24) is 19.8 Å². The Morgan fingerprint density at radius 2 is 2.10 bits per heavy atom. The van der Waals surface area contributed by atoms with Gasteiger partial charge in [0.2, 0.25) is 15.9 Å². The van der Waals surface area contributed by atoms with Gasteiger partial charge in [-0.2, -0.15) is 4.98 Å². The monoisotopic (exact) mass is 302 g/mol. The topological polar surface area (TPSA) is 88.3 Å². The molecule has 8 heteroatoms. The molecule has 1 fully saturated rings. The number of sulfonamides is 1. The lowest BCUT2D eigenvalue weighted by atomic mass is 10.0. The zero-order chi connectivity index (χ0) is 14.8. The third-order valence-corrected chi connectivity index (χ3v) is 4.38. The van der Waals surface area contributed by atoms with E-state index in [1.165, 1.54) is 6.26 Å². The van der Waals surface area contributed by atoms with Gasteiger partial charge in [-0.05, 0) is 19.8 Å². The van der Waals surface area contributed by atoms with E-state index >= 15 is 0 Å². The molecule has 1 aromatic rings. The molecule has 2 heterocycles. The fourth-order valence-electron chi connectivity index (χ4n) is 2.44. The summed E-state index contributed by atoms with van der Waals surface area (Å²) in [6, 6.07) is 0.101. The van der Waals surface area contributed by atoms with Crippen LogP contribution in [-0.4, -0.2) is 48.8 Å². The minimum atomic E-state index is -3.12. The molecule has 0 radical (unpaired) electrons. The zero-order valence-electron chi connectivity index (χ0n) is 12.2. The first-order chi connectivity index (χ1) is 9.39. The third kappa shape index (κ3) is 4.00. The van der Waals surface area contributed by atoms with Gasteiger partial charge in [-0.3, -0.25) is 4.90 Å². The first kappa shape index (κ1) is 15.4. The number of nitrogens with one attached hydrogen (secondary N) is 1. The highest BCUT2D eigenvalue weighted by Crippen LogP contribution is 2.23. The minimum absolute atomic E-state index is 0.0299. The van der Waals surface area contributed by atoms with Gasteiger partial charge >= 0.3 is 0 Å². The van der Waals surface area contributed by atoms with Crippen LogP contribution in [0.25, 0.3) is 0 Å². The molecule has 1 unspecified atom stereocenters. The lowest BCUT2D eigenvalue weighted by Crippen LogP contribution is -2.45. The average molecular weight is 302 g/mol. The van der Waals surface area contributed by atoms with Crippen molar-refractivity contribution in [1.29, 1.82) is 0 Å². The van der Waals surface area contributed by atoms with E-state index in [0.29, 0.717) is 5.89 Å². The normalized spacial score (nSPS) is 20.1. The number of likely N-dealkylation sites (tertiary alicyclic amines) is 1. The average Bonchev–Trinajstić information content (AvgIpc) is 2.85. The molecule has 1 aliphatic heterocycles. The SMILES string of the molecule is CCc1noc(C(C)N2CCC(NS(C)(=O)=O)CC2)n1. The molecule has 1 saturated heterocycles. The zero-order valence-corrected chi connectivity index (χ0v) is 13.0. The van der Waals surface area contributed by atoms with Gasteiger partial charge < -0.3 is 4.52 Å². The standard InChI is InChI=1S/C12H22N4O3S/c1-4-11-13-12(19-14-11)9(2)16-7-5-10(6-8-16)15-20(3,17)18/h9-10,15H,4-8H2,1-3H3. The maximum absolute atomic E-state index is 11.2. The van der Waals surface area contributed by atoms with Gasteiger partial charge in [0.25, 0.3) is 0 Å². The van der Waals surface area contributed by atoms with Gasteiger partial charge in [-0.1, -0.05) is 12.1 Å². The molecule has 1 aromatic heterocycles. The quantitative estimate of drug-likeness (QED) is 0.861. The van der Waals surface area contributed by atoms with Gasteiger partial charge in [-0.25, -0.2) is 13.1 Å². The predicted molar refractivity (Wildman–Crippen MR) is 74.7 cm³/mol. The molecule has 0 amide bonds. The summed E-state index contributed by atoms with van der Waals surface area (Å²) in [5, 5.41) is 3.91. The van der Waals surface area contributed by atoms with E-state index < -0.39 is 10.0 Å². The van der Waals surface area contributed by atoms with E-state index in [4.69, 9.17) is 4.52 Å². The minimum Gasteiger partial charge on any atom is -0.338 e. The van der Waals surface area contributed by atoms with Crippen LogP contribution in [0.1, 0.15) is 44.4 Å². The van der Waals surface area contributed by atoms with Gasteiger partial charge in [0.15, 0.2) is 5.82 Å². The summed E-state index contributed by atoms with van der Waals surface area (Å²) in [6.45, 7) is 5.66. The fraction of sp³-hybridized carbons (Fsp3) is 0.833. The third-order valence-electron chi connectivity index (χ3n) is 3.62. The number of aromatic nitrogens is 2. The summed E-state index contributed by atoms with van der Waals surface area (Å²) in [5.41, 5.74) is 0. The Hall–Kier alpha value is -0.990. The highest BCUT2D eigenvalue weighted by molar-refractivity contribution is 7.88. The van der Waals surface area contributed by atoms with Gasteiger partial charge in [0.05, 0.1) is 12.3 Å². The summed E-state index contributed by atoms with van der Waals surface area (Å²) in [5.74, 6) is 1.36. The lowest BCUT2D eigenvalue weighted by Gasteiger charge is -2.34. The summed E-state index contributed by atoms with van der Waals surface area (Å²) < 4.78 is 30.4. The summed E-state index contributed by atoms with van der Waals surface area (Å²) in [4.78, 5) is 6.59. The second-order valence-corrected chi connectivity index (χ2v) is 7.06. The Kier molecular flexibility index (Phi) is 4.77. The van der Waals surface area contributed by atoms with Crippen molar-refractivity contribution in [2.45, 2.75) is 45.2 Å². The molecule has 0 spiro atoms. The Morgan fingerprint density at radius 1 is 1.45 bits per heavy atom. The van der Waals surface area contributed by atoms with Crippen molar-refractivity contribution in [2.24, 2.45) is 0 Å². The van der Waals surface area contributed by atoms with E-state index in [0.717, 1.165) is 38.2 Å². The van der Waals surface area contributed by atoms with Crippen molar-refractivity contribution in [3.05, 3.63) is 11.7 Å². The molecule has 2 rings (SSSR count). The van der Waals surface area contributed by atoms with Crippen LogP contribution in [0.15, 0.2) is 4.52 Å². The molecule has 20 heavy (non-hydrogen) atoms. The van der Waals surface area contributed by atoms with Crippen molar-refractivity contribution >= 4 is 10.0 Å². The Balaban J connectivity index is 1.90. The van der Waals surface area contributed by atoms with E-state index in [1.54, 1.807) is 0 Å². The van der Waals surface area contributed by atoms with Gasteiger partial charge in [-0.15, -0.1) is 0 Å². The van der Waals surface area contributed by atoms with Crippen LogP contribution < -0.4 is 4.72 Å². The largest absolute Gasteiger partial charge is 0.338 e. The van der Waals surface area contributed by atoms with Crippen LogP contribution in [0.4, 0.5) is 0 Å². The predicted octanol–water partition coefficient (Wildman–Crippen LogP) is 0.707. The van der Waals surface area contributed by atoms with Crippen LogP contribution in [-0.2, 0) is 16.4 Å². The van der Waals surface area contributed by atoms with Crippen LogP contribution in [0, 0.1) is 0 Å². The van der Waals surface area contributed by atoms with Gasteiger partial charge in [0, 0.05) is 25.6 Å². The molecule has 1 N–H and O–H groups in total. The van der Waals surface area contributed by atoms with E-state index in [9.17, 15) is 8.42 Å². The second-order valence-electron chi connectivity index (χ2n) is 5.28. The molecule has 0 bridgehead atoms. The Labute approximate surface area is 119 Å². The first-order valence-corrected chi connectivity index (χ1v) is 8.82. The maximum atomic E-state index is 11.2. The Morgan fingerprint density at radius 3 is 2.60 bits per heavy atom. The first-order valence-electron chi connectivity index (χ1n) is 6.93. The van der Waals surface area contributed by atoms with Crippen molar-refractivity contribution < 1.29 is 12.9 Å². The number of piperidine rings is 1. The van der Waals surface area contributed by atoms with Gasteiger partial charge in [0.1, 0.15) is 0 Å². The highest BCUT2D eigenvalue weighted by atomic mass is 32.2. The van der Waals surface area contributed by atoms with Crippen LogP contribution in [0.3, 0.4) is 0 Å². The summed E-state index contributed by atoms with van der Waals surface area (Å²) in [7, 11) is -3.12. The summed E-state index contributed by atoms with van der Waals surface area (Å²) >= 11 is 0. The number of nitrogens with zero attached hydrogens (tertiary/aromatic N) is 3. The molecular formula is C12H22N4O3S. The maximum Gasteiger partial charge on any atom is 0.243 e. The van der Waals surface area contributed by atoms with Crippen LogP contribution >= 0.6 is 0 Å². The Bertz CT molecular complexity index is 535. The molecule has 1 atom stereocenters. The van der Waals surface area contributed by atoms with Crippen molar-refractivity contribution in [3.63, 3.8) is 0 Å². The molecule has 7 nitrogen and oxygen atoms in total. The van der Waals surface area contributed by atoms with Crippen molar-refractivity contribution in [3.8, 4) is 0 Å². The molecule has 0 aliphatic carbocycles.